The molecule has 0 amide bonds. The molecule has 0 rings (SSSR count). The van der Waals surface area contributed by atoms with Crippen LogP contribution in [-0.4, -0.2) is 70.0 Å². The van der Waals surface area contributed by atoms with Gasteiger partial charge in [0.1, 0.15) is 19.8 Å². The van der Waals surface area contributed by atoms with Crippen molar-refractivity contribution in [2.75, 3.05) is 47.5 Å². The standard InChI is InChI=1S/C50H86NO8P/c1-6-8-10-12-14-16-18-20-22-23-24-25-26-27-29-30-32-34-36-38-40-42-49(52)56-46-48(47-58-60(54,55)57-45-44-51(3,4)5)59-50(53)43-41-39-37-35-33-31-28-21-19-17-15-13-11-9-7-2/h9,11,15,17,21-23,25-26,28-30,34,36,48H,6-8,10,12-14,16,18-20,24,27,31-33,35,37-47H2,1-5H3/b11-9+,17-15+,23-22+,26-25+,28-21+,30-29+,36-34+/t48-/m0/s1. The van der Waals surface area contributed by atoms with Crippen molar-refractivity contribution in [2.24, 2.45) is 0 Å². The number of phosphoric acid groups is 1. The molecular formula is C50H86NO8P. The summed E-state index contributed by atoms with van der Waals surface area (Å²) in [7, 11) is 1.11. The number of ether oxygens (including phenoxy) is 2. The Morgan fingerprint density at radius 3 is 1.47 bits per heavy atom. The van der Waals surface area contributed by atoms with E-state index >= 15 is 0 Å². The molecule has 0 saturated heterocycles. The number of phosphoric ester groups is 1. The number of quaternary nitrogens is 1. The van der Waals surface area contributed by atoms with E-state index in [4.69, 9.17) is 18.5 Å². The van der Waals surface area contributed by atoms with Crippen molar-refractivity contribution in [2.45, 2.75) is 174 Å². The molecule has 0 aliphatic carbocycles. The molecule has 0 aromatic rings. The molecule has 0 radical (unpaired) electrons. The zero-order valence-corrected chi connectivity index (χ0v) is 39.5. The lowest BCUT2D eigenvalue weighted by Crippen LogP contribution is -2.37. The lowest BCUT2D eigenvalue weighted by molar-refractivity contribution is -0.870. The number of carbonyl (C=O) groups is 2. The summed E-state index contributed by atoms with van der Waals surface area (Å²) in [5.41, 5.74) is 0. The van der Waals surface area contributed by atoms with Gasteiger partial charge < -0.3 is 27.9 Å². The van der Waals surface area contributed by atoms with Crippen LogP contribution in [0.4, 0.5) is 0 Å². The molecule has 2 atom stereocenters. The first-order valence-corrected chi connectivity index (χ1v) is 24.8. The zero-order chi connectivity index (χ0) is 44.3. The average Bonchev–Trinajstić information content (AvgIpc) is 3.20. The number of unbranched alkanes of at least 4 members (excludes halogenated alkanes) is 13. The van der Waals surface area contributed by atoms with Crippen molar-refractivity contribution < 1.29 is 42.1 Å². The van der Waals surface area contributed by atoms with E-state index in [-0.39, 0.29) is 26.1 Å². The van der Waals surface area contributed by atoms with E-state index in [0.29, 0.717) is 23.9 Å². The Hall–Kier alpha value is -2.81. The van der Waals surface area contributed by atoms with Crippen LogP contribution < -0.4 is 4.89 Å². The van der Waals surface area contributed by atoms with E-state index < -0.39 is 32.5 Å². The molecule has 0 N–H and O–H groups in total. The van der Waals surface area contributed by atoms with Gasteiger partial charge in [-0.05, 0) is 83.5 Å². The van der Waals surface area contributed by atoms with Gasteiger partial charge in [0.2, 0.25) is 0 Å². The Morgan fingerprint density at radius 2 is 0.967 bits per heavy atom. The quantitative estimate of drug-likeness (QED) is 0.0196. The molecule has 10 heteroatoms. The highest BCUT2D eigenvalue weighted by molar-refractivity contribution is 7.45. The first-order chi connectivity index (χ1) is 29.0. The average molecular weight is 860 g/mol. The van der Waals surface area contributed by atoms with Crippen molar-refractivity contribution in [3.05, 3.63) is 85.1 Å². The smallest absolute Gasteiger partial charge is 0.306 e. The third kappa shape index (κ3) is 44.7. The maximum Gasteiger partial charge on any atom is 0.306 e. The van der Waals surface area contributed by atoms with Crippen LogP contribution in [-0.2, 0) is 32.7 Å². The second kappa shape index (κ2) is 41.5. The van der Waals surface area contributed by atoms with Crippen LogP contribution in [0.25, 0.3) is 0 Å². The molecule has 0 heterocycles. The number of hydrogen-bond acceptors (Lipinski definition) is 8. The number of nitrogens with zero attached hydrogens (tertiary/aromatic N) is 1. The Labute approximate surface area is 367 Å². The Bertz CT molecular complexity index is 1290. The molecule has 0 spiro atoms. The first kappa shape index (κ1) is 57.2. The fourth-order valence-electron chi connectivity index (χ4n) is 5.78. The Balaban J connectivity index is 4.45. The first-order valence-electron chi connectivity index (χ1n) is 23.3. The van der Waals surface area contributed by atoms with E-state index in [0.717, 1.165) is 77.0 Å². The van der Waals surface area contributed by atoms with Gasteiger partial charge in [-0.2, -0.15) is 0 Å². The van der Waals surface area contributed by atoms with Gasteiger partial charge in [-0.15, -0.1) is 0 Å². The summed E-state index contributed by atoms with van der Waals surface area (Å²) >= 11 is 0. The molecule has 0 aliphatic heterocycles. The van der Waals surface area contributed by atoms with Crippen LogP contribution in [0, 0.1) is 0 Å². The number of esters is 2. The highest BCUT2D eigenvalue weighted by atomic mass is 31.2. The monoisotopic (exact) mass is 860 g/mol. The minimum absolute atomic E-state index is 0.0475. The number of likely N-dealkylation sites (N-methyl/N-ethyl adjacent to an activating group) is 1. The molecule has 0 saturated carbocycles. The van der Waals surface area contributed by atoms with E-state index in [9.17, 15) is 19.0 Å². The number of carbonyl (C=O) groups excluding carboxylic acids is 2. The zero-order valence-electron chi connectivity index (χ0n) is 38.6. The second-order valence-corrected chi connectivity index (χ2v) is 17.8. The molecule has 60 heavy (non-hydrogen) atoms. The Morgan fingerprint density at radius 1 is 0.533 bits per heavy atom. The minimum atomic E-state index is -4.65. The van der Waals surface area contributed by atoms with Gasteiger partial charge in [0, 0.05) is 12.8 Å². The molecule has 0 fully saturated rings. The third-order valence-electron chi connectivity index (χ3n) is 9.40. The summed E-state index contributed by atoms with van der Waals surface area (Å²) in [6, 6.07) is 0. The largest absolute Gasteiger partial charge is 0.756 e. The SMILES string of the molecule is CC/C=C/C/C=C/C/C=C/CCCCCCCC(=O)O[C@@H](COC(=O)CCC/C=C/C/C=C/C/C=C/C/C=C/CCCCCCCCC)COP(=O)([O-])OCC[N+](C)(C)C. The number of hydrogen-bond donors (Lipinski definition) is 0. The van der Waals surface area contributed by atoms with Gasteiger partial charge >= 0.3 is 11.9 Å². The summed E-state index contributed by atoms with van der Waals surface area (Å²) in [5.74, 6) is -0.927. The van der Waals surface area contributed by atoms with Crippen LogP contribution in [0.1, 0.15) is 168 Å². The van der Waals surface area contributed by atoms with Crippen LogP contribution in [0.2, 0.25) is 0 Å². The number of rotatable bonds is 41. The topological polar surface area (TPSA) is 111 Å². The van der Waals surface area contributed by atoms with Crippen LogP contribution in [0.15, 0.2) is 85.1 Å². The van der Waals surface area contributed by atoms with Gasteiger partial charge in [-0.3, -0.25) is 14.2 Å². The fraction of sp³-hybridized carbons (Fsp3) is 0.680. The second-order valence-electron chi connectivity index (χ2n) is 16.4. The summed E-state index contributed by atoms with van der Waals surface area (Å²) in [5, 5.41) is 0. The van der Waals surface area contributed by atoms with Gasteiger partial charge in [0.15, 0.2) is 6.10 Å². The highest BCUT2D eigenvalue weighted by Crippen LogP contribution is 2.38. The maximum absolute atomic E-state index is 12.7. The molecule has 0 bridgehead atoms. The van der Waals surface area contributed by atoms with Crippen LogP contribution in [0.5, 0.6) is 0 Å². The van der Waals surface area contributed by atoms with Crippen molar-refractivity contribution in [3.8, 4) is 0 Å². The highest BCUT2D eigenvalue weighted by Gasteiger charge is 2.21. The summed E-state index contributed by atoms with van der Waals surface area (Å²) in [6.45, 7) is 4.01. The van der Waals surface area contributed by atoms with Gasteiger partial charge in [-0.25, -0.2) is 0 Å². The summed E-state index contributed by atoms with van der Waals surface area (Å²) < 4.78 is 33.8. The predicted octanol–water partition coefficient (Wildman–Crippen LogP) is 12.9. The van der Waals surface area contributed by atoms with Gasteiger partial charge in [0.25, 0.3) is 7.82 Å². The predicted molar refractivity (Wildman–Crippen MR) is 249 cm³/mol. The summed E-state index contributed by atoms with van der Waals surface area (Å²) in [4.78, 5) is 37.6. The molecule has 344 valence electrons. The molecule has 1 unspecified atom stereocenters. The van der Waals surface area contributed by atoms with Crippen molar-refractivity contribution in [1.82, 2.24) is 0 Å². The summed E-state index contributed by atoms with van der Waals surface area (Å²) in [6.07, 6.45) is 53.4. The van der Waals surface area contributed by atoms with Gasteiger partial charge in [0.05, 0.1) is 27.7 Å². The third-order valence-corrected chi connectivity index (χ3v) is 10.4. The normalized spacial score (nSPS) is 14.3. The minimum Gasteiger partial charge on any atom is -0.756 e. The van der Waals surface area contributed by atoms with Crippen LogP contribution in [0.3, 0.4) is 0 Å². The lowest BCUT2D eigenvalue weighted by Gasteiger charge is -2.28. The lowest BCUT2D eigenvalue weighted by atomic mass is 10.1. The molecule has 0 aromatic heterocycles. The molecule has 0 aliphatic rings. The van der Waals surface area contributed by atoms with Crippen LogP contribution >= 0.6 is 7.82 Å². The fourth-order valence-corrected chi connectivity index (χ4v) is 6.51. The molecule has 9 nitrogen and oxygen atoms in total. The maximum atomic E-state index is 12.7. The van der Waals surface area contributed by atoms with Gasteiger partial charge in [-0.1, -0.05) is 157 Å². The van der Waals surface area contributed by atoms with Crippen molar-refractivity contribution in [1.29, 1.82) is 0 Å². The van der Waals surface area contributed by atoms with Crippen molar-refractivity contribution in [3.63, 3.8) is 0 Å². The van der Waals surface area contributed by atoms with E-state index in [2.05, 4.69) is 98.9 Å². The molecule has 0 aromatic carbocycles. The van der Waals surface area contributed by atoms with E-state index in [1.807, 2.05) is 21.1 Å². The van der Waals surface area contributed by atoms with E-state index in [1.165, 1.54) is 51.4 Å². The van der Waals surface area contributed by atoms with E-state index in [1.54, 1.807) is 0 Å². The number of allylic oxidation sites excluding steroid dienone is 14. The molecular weight excluding hydrogens is 774 g/mol. The Kier molecular flexibility index (Phi) is 39.6. The van der Waals surface area contributed by atoms with Crippen molar-refractivity contribution >= 4 is 19.8 Å².